The van der Waals surface area contributed by atoms with Gasteiger partial charge < -0.3 is 14.1 Å². The fraction of sp³-hybridized carbons (Fsp3) is 0.0952. The molecule has 6 heteroatoms. The van der Waals surface area contributed by atoms with Gasteiger partial charge in [0.1, 0.15) is 5.58 Å². The number of ether oxygens (including phenoxy) is 1. The molecule has 0 aliphatic carbocycles. The summed E-state index contributed by atoms with van der Waals surface area (Å²) in [4.78, 5) is 40.2. The third-order valence-corrected chi connectivity index (χ3v) is 4.34. The average molecular weight is 361 g/mol. The smallest absolute Gasteiger partial charge is 0.375 e. The molecule has 2 heterocycles. The van der Waals surface area contributed by atoms with Crippen molar-refractivity contribution in [3.63, 3.8) is 0 Å². The monoisotopic (exact) mass is 361 g/mol. The van der Waals surface area contributed by atoms with Gasteiger partial charge in [0.25, 0.3) is 0 Å². The van der Waals surface area contributed by atoms with Gasteiger partial charge in [-0.2, -0.15) is 0 Å². The van der Waals surface area contributed by atoms with E-state index in [2.05, 4.69) is 4.98 Å². The Balaban J connectivity index is 1.59. The van der Waals surface area contributed by atoms with Crippen LogP contribution in [-0.4, -0.2) is 22.8 Å². The quantitative estimate of drug-likeness (QED) is 0.442. The van der Waals surface area contributed by atoms with Crippen LogP contribution in [0.3, 0.4) is 0 Å². The number of esters is 1. The highest BCUT2D eigenvalue weighted by Gasteiger charge is 2.24. The highest BCUT2D eigenvalue weighted by Crippen LogP contribution is 2.20. The molecular formula is C21H15NO5. The lowest BCUT2D eigenvalue weighted by Crippen LogP contribution is -2.24. The van der Waals surface area contributed by atoms with Crippen LogP contribution in [0.5, 0.6) is 0 Å². The van der Waals surface area contributed by atoms with Crippen molar-refractivity contribution in [3.8, 4) is 0 Å². The number of aromatic nitrogens is 1. The second-order valence-corrected chi connectivity index (χ2v) is 6.13. The molecule has 0 aliphatic rings. The van der Waals surface area contributed by atoms with Crippen LogP contribution in [0.1, 0.15) is 27.8 Å². The maximum atomic E-state index is 12.7. The summed E-state index contributed by atoms with van der Waals surface area (Å²) in [6.07, 6.45) is 0.557. The summed E-state index contributed by atoms with van der Waals surface area (Å²) >= 11 is 0. The molecule has 0 amide bonds. The number of hydrogen-bond donors (Lipinski definition) is 1. The minimum absolute atomic E-state index is 0.239. The van der Waals surface area contributed by atoms with Crippen LogP contribution in [0.15, 0.2) is 70.0 Å². The summed E-state index contributed by atoms with van der Waals surface area (Å²) in [6, 6.07) is 15.0. The van der Waals surface area contributed by atoms with Gasteiger partial charge in [-0.25, -0.2) is 4.79 Å². The first-order chi connectivity index (χ1) is 13.0. The van der Waals surface area contributed by atoms with Crippen LogP contribution in [-0.2, 0) is 4.74 Å². The molecule has 2 aromatic carbocycles. The second kappa shape index (κ2) is 6.57. The van der Waals surface area contributed by atoms with Crippen molar-refractivity contribution >= 4 is 33.6 Å². The summed E-state index contributed by atoms with van der Waals surface area (Å²) in [6.45, 7) is 1.49. The Hall–Kier alpha value is -3.67. The zero-order valence-corrected chi connectivity index (χ0v) is 14.4. The molecule has 0 bridgehead atoms. The lowest BCUT2D eigenvalue weighted by molar-refractivity contribution is 0.0290. The second-order valence-electron chi connectivity index (χ2n) is 6.13. The van der Waals surface area contributed by atoms with Crippen molar-refractivity contribution < 1.29 is 18.7 Å². The van der Waals surface area contributed by atoms with Crippen LogP contribution in [0.25, 0.3) is 21.9 Å². The molecule has 0 spiro atoms. The van der Waals surface area contributed by atoms with E-state index in [-0.39, 0.29) is 22.6 Å². The maximum Gasteiger partial charge on any atom is 0.375 e. The fourth-order valence-corrected chi connectivity index (χ4v) is 2.97. The van der Waals surface area contributed by atoms with Crippen LogP contribution in [0, 0.1) is 0 Å². The molecule has 0 radical (unpaired) electrons. The zero-order valence-electron chi connectivity index (χ0n) is 14.4. The Morgan fingerprint density at radius 2 is 1.74 bits per heavy atom. The van der Waals surface area contributed by atoms with Gasteiger partial charge in [0.2, 0.25) is 11.5 Å². The number of hydrogen-bond acceptors (Lipinski definition) is 5. The SMILES string of the molecule is C[C@@H](OC(=O)c1cc(=O)c2ccccc2o1)C(=O)c1c[nH]c2ccccc12. The van der Waals surface area contributed by atoms with E-state index in [1.54, 1.807) is 30.5 Å². The molecule has 6 nitrogen and oxygen atoms in total. The number of para-hydroxylation sites is 2. The topological polar surface area (TPSA) is 89.4 Å². The summed E-state index contributed by atoms with van der Waals surface area (Å²) in [5.41, 5.74) is 1.19. The highest BCUT2D eigenvalue weighted by atomic mass is 16.6. The third kappa shape index (κ3) is 3.01. The normalized spacial score (nSPS) is 12.2. The number of carbonyl (C=O) groups is 2. The molecule has 0 aliphatic heterocycles. The number of aromatic amines is 1. The minimum Gasteiger partial charge on any atom is -0.449 e. The number of nitrogens with one attached hydrogen (secondary N) is 1. The van der Waals surface area contributed by atoms with E-state index < -0.39 is 12.1 Å². The van der Waals surface area contributed by atoms with E-state index >= 15 is 0 Å². The number of benzene rings is 2. The number of ketones is 1. The molecule has 134 valence electrons. The lowest BCUT2D eigenvalue weighted by atomic mass is 10.1. The first kappa shape index (κ1) is 16.8. The van der Waals surface area contributed by atoms with E-state index in [1.165, 1.54) is 6.92 Å². The summed E-state index contributed by atoms with van der Waals surface area (Å²) in [5.74, 6) is -1.44. The van der Waals surface area contributed by atoms with Crippen molar-refractivity contribution in [1.29, 1.82) is 0 Å². The predicted molar refractivity (Wildman–Crippen MR) is 100.0 cm³/mol. The first-order valence-corrected chi connectivity index (χ1v) is 8.39. The van der Waals surface area contributed by atoms with Gasteiger partial charge in [0, 0.05) is 28.7 Å². The van der Waals surface area contributed by atoms with Crippen molar-refractivity contribution in [2.24, 2.45) is 0 Å². The van der Waals surface area contributed by atoms with Crippen molar-refractivity contribution in [3.05, 3.63) is 82.3 Å². The first-order valence-electron chi connectivity index (χ1n) is 8.39. The Kier molecular flexibility index (Phi) is 4.08. The maximum absolute atomic E-state index is 12.7. The van der Waals surface area contributed by atoms with E-state index in [0.717, 1.165) is 17.0 Å². The molecule has 2 aromatic heterocycles. The molecule has 0 fully saturated rings. The average Bonchev–Trinajstić information content (AvgIpc) is 3.11. The Morgan fingerprint density at radius 3 is 2.56 bits per heavy atom. The van der Waals surface area contributed by atoms with Gasteiger partial charge in [0.05, 0.1) is 5.39 Å². The van der Waals surface area contributed by atoms with Gasteiger partial charge >= 0.3 is 5.97 Å². The number of rotatable bonds is 4. The van der Waals surface area contributed by atoms with Gasteiger partial charge in [0.15, 0.2) is 11.5 Å². The molecule has 27 heavy (non-hydrogen) atoms. The number of fused-ring (bicyclic) bond motifs is 2. The van der Waals surface area contributed by atoms with Gasteiger partial charge in [-0.1, -0.05) is 30.3 Å². The largest absolute Gasteiger partial charge is 0.449 e. The number of Topliss-reactive ketones (excluding diaryl/α,β-unsaturated/α-hetero) is 1. The van der Waals surface area contributed by atoms with Gasteiger partial charge in [-0.3, -0.25) is 9.59 Å². The third-order valence-electron chi connectivity index (χ3n) is 4.34. The van der Waals surface area contributed by atoms with Crippen LogP contribution >= 0.6 is 0 Å². The summed E-state index contributed by atoms with van der Waals surface area (Å²) in [5, 5.41) is 1.12. The van der Waals surface area contributed by atoms with Crippen LogP contribution in [0.2, 0.25) is 0 Å². The van der Waals surface area contributed by atoms with Crippen LogP contribution < -0.4 is 5.43 Å². The summed E-state index contributed by atoms with van der Waals surface area (Å²) < 4.78 is 10.7. The minimum atomic E-state index is -1.03. The number of H-pyrrole nitrogens is 1. The van der Waals surface area contributed by atoms with Crippen molar-refractivity contribution in [2.45, 2.75) is 13.0 Å². The Labute approximate surface area is 153 Å². The fourth-order valence-electron chi connectivity index (χ4n) is 2.97. The van der Waals surface area contributed by atoms with E-state index in [1.807, 2.05) is 24.3 Å². The molecule has 1 atom stereocenters. The predicted octanol–water partition coefficient (Wildman–Crippen LogP) is 3.70. The van der Waals surface area contributed by atoms with Gasteiger partial charge in [-0.05, 0) is 25.1 Å². The van der Waals surface area contributed by atoms with E-state index in [9.17, 15) is 14.4 Å². The summed E-state index contributed by atoms with van der Waals surface area (Å²) in [7, 11) is 0. The highest BCUT2D eigenvalue weighted by molar-refractivity contribution is 6.10. The van der Waals surface area contributed by atoms with Crippen LogP contribution in [0.4, 0.5) is 0 Å². The molecule has 1 N–H and O–H groups in total. The number of carbonyl (C=O) groups excluding carboxylic acids is 2. The zero-order chi connectivity index (χ0) is 19.0. The Morgan fingerprint density at radius 1 is 1.04 bits per heavy atom. The van der Waals surface area contributed by atoms with Gasteiger partial charge in [-0.15, -0.1) is 0 Å². The standard InChI is InChI=1S/C21H15NO5/c1-12(20(24)15-11-22-16-8-4-2-6-13(15)16)26-21(25)19-10-17(23)14-7-3-5-9-18(14)27-19/h2-12,22H,1H3/t12-/m1/s1. The van der Waals surface area contributed by atoms with E-state index in [0.29, 0.717) is 10.9 Å². The molecule has 4 aromatic rings. The lowest BCUT2D eigenvalue weighted by Gasteiger charge is -2.11. The van der Waals surface area contributed by atoms with Crippen molar-refractivity contribution in [2.75, 3.05) is 0 Å². The van der Waals surface area contributed by atoms with Crippen molar-refractivity contribution in [1.82, 2.24) is 4.98 Å². The molecule has 4 rings (SSSR count). The molecule has 0 unspecified atom stereocenters. The molecule has 0 saturated carbocycles. The molecular weight excluding hydrogens is 346 g/mol. The Bertz CT molecular complexity index is 1230. The van der Waals surface area contributed by atoms with E-state index in [4.69, 9.17) is 9.15 Å². The molecule has 0 saturated heterocycles.